The molecule has 1 aromatic heterocycles. The molecule has 0 amide bonds. The fourth-order valence-corrected chi connectivity index (χ4v) is 3.30. The zero-order valence-electron chi connectivity index (χ0n) is 16.6. The Morgan fingerprint density at radius 3 is 2.03 bits per heavy atom. The quantitative estimate of drug-likeness (QED) is 0.505. The standard InChI is InChI=1S/C20H24BrN7O2/c21-17(7-6-16-4-2-1-3-5-16)25-26-18-22-19(27-8-12-29-13-9-27)24-20(23-18)28-10-14-30-15-11-28/h1-7H,8-15H2,(H,22,23,24,26)/b7-6+,25-17+. The zero-order valence-corrected chi connectivity index (χ0v) is 18.2. The molecule has 2 aromatic rings. The van der Waals surface area contributed by atoms with Gasteiger partial charge in [0.2, 0.25) is 17.8 Å². The second kappa shape index (κ2) is 10.5. The van der Waals surface area contributed by atoms with Crippen LogP contribution in [0.3, 0.4) is 0 Å². The van der Waals surface area contributed by atoms with Gasteiger partial charge in [0.05, 0.1) is 26.4 Å². The van der Waals surface area contributed by atoms with Crippen molar-refractivity contribution in [3.05, 3.63) is 42.0 Å². The summed E-state index contributed by atoms with van der Waals surface area (Å²) in [7, 11) is 0. The molecule has 2 saturated heterocycles. The number of morpholine rings is 2. The Morgan fingerprint density at radius 2 is 1.47 bits per heavy atom. The number of rotatable bonds is 6. The van der Waals surface area contributed by atoms with Gasteiger partial charge in [-0.1, -0.05) is 36.4 Å². The lowest BCUT2D eigenvalue weighted by molar-refractivity contribution is 0.121. The molecule has 10 heteroatoms. The number of nitrogens with zero attached hydrogens (tertiary/aromatic N) is 6. The van der Waals surface area contributed by atoms with Crippen molar-refractivity contribution < 1.29 is 9.47 Å². The van der Waals surface area contributed by atoms with Gasteiger partial charge in [-0.15, -0.1) is 0 Å². The van der Waals surface area contributed by atoms with Crippen molar-refractivity contribution in [2.75, 3.05) is 67.8 Å². The van der Waals surface area contributed by atoms with Crippen LogP contribution in [-0.4, -0.2) is 72.2 Å². The van der Waals surface area contributed by atoms with Gasteiger partial charge in [-0.05, 0) is 27.6 Å². The van der Waals surface area contributed by atoms with Crippen molar-refractivity contribution in [1.29, 1.82) is 0 Å². The van der Waals surface area contributed by atoms with Crippen LogP contribution in [0, 0.1) is 0 Å². The third kappa shape index (κ3) is 5.74. The summed E-state index contributed by atoms with van der Waals surface area (Å²) in [6.45, 7) is 5.64. The molecule has 4 rings (SSSR count). The van der Waals surface area contributed by atoms with Gasteiger partial charge in [-0.25, -0.2) is 5.43 Å². The molecule has 9 nitrogen and oxygen atoms in total. The van der Waals surface area contributed by atoms with E-state index in [1.165, 1.54) is 0 Å². The number of anilines is 3. The molecule has 2 aliphatic heterocycles. The summed E-state index contributed by atoms with van der Waals surface area (Å²) >= 11 is 3.46. The van der Waals surface area contributed by atoms with Crippen molar-refractivity contribution in [1.82, 2.24) is 15.0 Å². The molecule has 0 spiro atoms. The van der Waals surface area contributed by atoms with E-state index in [0.717, 1.165) is 31.7 Å². The van der Waals surface area contributed by atoms with Gasteiger partial charge in [0.1, 0.15) is 4.62 Å². The number of ether oxygens (including phenoxy) is 2. The van der Waals surface area contributed by atoms with Crippen molar-refractivity contribution in [2.45, 2.75) is 0 Å². The van der Waals surface area contributed by atoms with Crippen LogP contribution in [0.5, 0.6) is 0 Å². The lowest BCUT2D eigenvalue weighted by Gasteiger charge is -2.30. The number of nitrogens with one attached hydrogen (secondary N) is 1. The maximum absolute atomic E-state index is 5.45. The van der Waals surface area contributed by atoms with E-state index in [1.54, 1.807) is 0 Å². The van der Waals surface area contributed by atoms with E-state index < -0.39 is 0 Å². The summed E-state index contributed by atoms with van der Waals surface area (Å²) in [6, 6.07) is 10.0. The van der Waals surface area contributed by atoms with E-state index in [9.17, 15) is 0 Å². The number of hydrazone groups is 1. The van der Waals surface area contributed by atoms with Gasteiger partial charge >= 0.3 is 0 Å². The van der Waals surface area contributed by atoms with Crippen LogP contribution >= 0.6 is 15.9 Å². The summed E-state index contributed by atoms with van der Waals surface area (Å²) < 4.78 is 11.5. The molecule has 1 aromatic carbocycles. The van der Waals surface area contributed by atoms with Gasteiger partial charge in [0.15, 0.2) is 0 Å². The molecule has 3 heterocycles. The third-order valence-electron chi connectivity index (χ3n) is 4.68. The Balaban J connectivity index is 1.52. The predicted molar refractivity (Wildman–Crippen MR) is 121 cm³/mol. The molecule has 0 radical (unpaired) electrons. The number of benzene rings is 1. The smallest absolute Gasteiger partial charge is 0.250 e. The second-order valence-electron chi connectivity index (χ2n) is 6.75. The minimum Gasteiger partial charge on any atom is -0.378 e. The summed E-state index contributed by atoms with van der Waals surface area (Å²) in [6.07, 6.45) is 3.84. The lowest BCUT2D eigenvalue weighted by atomic mass is 10.2. The first-order valence-electron chi connectivity index (χ1n) is 9.92. The Morgan fingerprint density at radius 1 is 0.900 bits per heavy atom. The summed E-state index contributed by atoms with van der Waals surface area (Å²) in [5, 5.41) is 4.34. The highest BCUT2D eigenvalue weighted by Crippen LogP contribution is 2.19. The lowest BCUT2D eigenvalue weighted by Crippen LogP contribution is -2.40. The highest BCUT2D eigenvalue weighted by atomic mass is 79.9. The molecule has 0 bridgehead atoms. The van der Waals surface area contributed by atoms with Crippen LogP contribution in [0.4, 0.5) is 17.8 Å². The summed E-state index contributed by atoms with van der Waals surface area (Å²) in [5.41, 5.74) is 4.04. The van der Waals surface area contributed by atoms with E-state index >= 15 is 0 Å². The van der Waals surface area contributed by atoms with Gasteiger partial charge in [0, 0.05) is 26.2 Å². The number of allylic oxidation sites excluding steroid dienone is 1. The van der Waals surface area contributed by atoms with Crippen molar-refractivity contribution in [3.8, 4) is 0 Å². The van der Waals surface area contributed by atoms with Gasteiger partial charge < -0.3 is 19.3 Å². The van der Waals surface area contributed by atoms with Crippen LogP contribution in [0.2, 0.25) is 0 Å². The Hall–Kier alpha value is -2.56. The minimum atomic E-state index is 0.401. The molecule has 0 aliphatic carbocycles. The number of halogens is 1. The summed E-state index contributed by atoms with van der Waals surface area (Å²) in [4.78, 5) is 18.0. The zero-order chi connectivity index (χ0) is 20.6. The molecule has 158 valence electrons. The van der Waals surface area contributed by atoms with E-state index in [-0.39, 0.29) is 0 Å². The van der Waals surface area contributed by atoms with E-state index in [2.05, 4.69) is 51.2 Å². The average molecular weight is 474 g/mol. The highest BCUT2D eigenvalue weighted by Gasteiger charge is 2.20. The third-order valence-corrected chi connectivity index (χ3v) is 5.12. The SMILES string of the molecule is BrC(/C=C/c1ccccc1)=N/Nc1nc(N2CCOCC2)nc(N2CCOCC2)n1. The number of hydrogen-bond donors (Lipinski definition) is 1. The fourth-order valence-electron chi connectivity index (χ4n) is 3.08. The van der Waals surface area contributed by atoms with Crippen LogP contribution < -0.4 is 15.2 Å². The first kappa shape index (κ1) is 20.7. The topological polar surface area (TPSA) is 88.0 Å². The van der Waals surface area contributed by atoms with Crippen LogP contribution in [0.25, 0.3) is 6.08 Å². The first-order valence-corrected chi connectivity index (χ1v) is 10.7. The molecule has 0 atom stereocenters. The molecule has 2 aliphatic rings. The molecule has 2 fully saturated rings. The van der Waals surface area contributed by atoms with Crippen molar-refractivity contribution in [3.63, 3.8) is 0 Å². The molecule has 0 unspecified atom stereocenters. The number of aromatic nitrogens is 3. The van der Waals surface area contributed by atoms with E-state index in [4.69, 9.17) is 9.47 Å². The second-order valence-corrected chi connectivity index (χ2v) is 7.56. The first-order chi connectivity index (χ1) is 14.8. The van der Waals surface area contributed by atoms with Crippen molar-refractivity contribution in [2.24, 2.45) is 5.10 Å². The average Bonchev–Trinajstić information content (AvgIpc) is 2.83. The highest BCUT2D eigenvalue weighted by molar-refractivity contribution is 9.18. The van der Waals surface area contributed by atoms with Gasteiger partial charge in [0.25, 0.3) is 0 Å². The van der Waals surface area contributed by atoms with Gasteiger partial charge in [-0.2, -0.15) is 20.1 Å². The largest absolute Gasteiger partial charge is 0.378 e. The van der Waals surface area contributed by atoms with Crippen LogP contribution in [0.15, 0.2) is 41.5 Å². The van der Waals surface area contributed by atoms with E-state index in [1.807, 2.05) is 42.5 Å². The summed E-state index contributed by atoms with van der Waals surface area (Å²) in [5.74, 6) is 1.66. The van der Waals surface area contributed by atoms with Crippen LogP contribution in [0.1, 0.15) is 5.56 Å². The Bertz CT molecular complexity index is 846. The maximum Gasteiger partial charge on any atom is 0.250 e. The Labute approximate surface area is 183 Å². The molecule has 30 heavy (non-hydrogen) atoms. The predicted octanol–water partition coefficient (Wildman–Crippen LogP) is 2.38. The molecular weight excluding hydrogens is 450 g/mol. The number of hydrogen-bond acceptors (Lipinski definition) is 9. The monoisotopic (exact) mass is 473 g/mol. The Kier molecular flexibility index (Phi) is 7.22. The van der Waals surface area contributed by atoms with E-state index in [0.29, 0.717) is 48.9 Å². The normalized spacial score (nSPS) is 18.1. The fraction of sp³-hybridized carbons (Fsp3) is 0.400. The van der Waals surface area contributed by atoms with Gasteiger partial charge in [-0.3, -0.25) is 0 Å². The van der Waals surface area contributed by atoms with Crippen LogP contribution in [-0.2, 0) is 9.47 Å². The molecular formula is C20H24BrN7O2. The molecule has 1 N–H and O–H groups in total. The van der Waals surface area contributed by atoms with Crippen molar-refractivity contribution >= 4 is 44.5 Å². The maximum atomic E-state index is 5.45. The minimum absolute atomic E-state index is 0.401. The molecule has 0 saturated carbocycles.